The molecule has 3 heteroatoms. The summed E-state index contributed by atoms with van der Waals surface area (Å²) in [7, 11) is 0. The van der Waals surface area contributed by atoms with Crippen molar-refractivity contribution in [1.29, 1.82) is 0 Å². The highest BCUT2D eigenvalue weighted by molar-refractivity contribution is 5.90. The summed E-state index contributed by atoms with van der Waals surface area (Å²) in [5.74, 6) is 1.27. The van der Waals surface area contributed by atoms with Gasteiger partial charge in [-0.25, -0.2) is 0 Å². The van der Waals surface area contributed by atoms with Crippen molar-refractivity contribution in [3.63, 3.8) is 0 Å². The molecule has 0 saturated heterocycles. The van der Waals surface area contributed by atoms with Crippen LogP contribution in [0.25, 0.3) is 0 Å². The third-order valence-electron chi connectivity index (χ3n) is 7.11. The summed E-state index contributed by atoms with van der Waals surface area (Å²) in [5.41, 5.74) is -1.30. The zero-order valence-electron chi connectivity index (χ0n) is 18.6. The maximum atomic E-state index is 13.2. The maximum absolute atomic E-state index is 13.2. The fourth-order valence-corrected chi connectivity index (χ4v) is 5.61. The van der Waals surface area contributed by atoms with Crippen LogP contribution in [0.3, 0.4) is 0 Å². The van der Waals surface area contributed by atoms with Crippen molar-refractivity contribution in [3.05, 3.63) is 0 Å². The van der Waals surface area contributed by atoms with Crippen LogP contribution >= 0.6 is 0 Å². The van der Waals surface area contributed by atoms with Crippen molar-refractivity contribution in [3.8, 4) is 0 Å². The van der Waals surface area contributed by atoms with Crippen molar-refractivity contribution >= 4 is 5.78 Å². The Labute approximate surface area is 161 Å². The van der Waals surface area contributed by atoms with E-state index < -0.39 is 17.3 Å². The van der Waals surface area contributed by atoms with Gasteiger partial charge >= 0.3 is 0 Å². The van der Waals surface area contributed by atoms with E-state index in [1.165, 1.54) is 6.42 Å². The molecule has 26 heavy (non-hydrogen) atoms. The molecule has 0 radical (unpaired) electrons. The predicted octanol–water partition coefficient (Wildman–Crippen LogP) is 5.59. The molecule has 2 saturated carbocycles. The van der Waals surface area contributed by atoms with Crippen LogP contribution < -0.4 is 0 Å². The maximum Gasteiger partial charge on any atom is 0.167 e. The van der Waals surface area contributed by atoms with Gasteiger partial charge in [-0.1, -0.05) is 62.3 Å². The van der Waals surface area contributed by atoms with E-state index in [9.17, 15) is 9.90 Å². The van der Waals surface area contributed by atoms with Crippen molar-refractivity contribution in [2.75, 3.05) is 0 Å². The first kappa shape index (κ1) is 21.9. The van der Waals surface area contributed by atoms with Gasteiger partial charge in [-0.15, -0.1) is 0 Å². The second kappa shape index (κ2) is 6.88. The topological polar surface area (TPSA) is 46.5 Å². The predicted molar refractivity (Wildman–Crippen MR) is 107 cm³/mol. The molecule has 0 spiro atoms. The van der Waals surface area contributed by atoms with Gasteiger partial charge in [0.05, 0.1) is 0 Å². The zero-order valence-corrected chi connectivity index (χ0v) is 18.6. The van der Waals surface area contributed by atoms with Crippen LogP contribution in [0.4, 0.5) is 0 Å². The van der Waals surface area contributed by atoms with E-state index >= 15 is 0 Å². The van der Waals surface area contributed by atoms with Gasteiger partial charge < -0.3 is 9.84 Å². The Morgan fingerprint density at radius 2 is 1.65 bits per heavy atom. The minimum absolute atomic E-state index is 0.0389. The number of Topliss-reactive ketones (excluding diaryl/α,β-unsaturated/α-hetero) is 1. The highest BCUT2D eigenvalue weighted by Gasteiger charge is 2.56. The summed E-state index contributed by atoms with van der Waals surface area (Å²) in [6.45, 7) is 19.5. The van der Waals surface area contributed by atoms with Crippen LogP contribution in [0.1, 0.15) is 94.4 Å². The molecule has 0 aromatic carbocycles. The molecule has 152 valence electrons. The first-order valence-corrected chi connectivity index (χ1v) is 10.5. The molecular weight excluding hydrogens is 324 g/mol. The SMILES string of the molecule is CC1CC2CC(C)C(=O)C(OC(O)C(C)(CC(C)(C)C)C(C)(C)C)(C1)C2. The lowest BCUT2D eigenvalue weighted by molar-refractivity contribution is -0.272. The Bertz CT molecular complexity index is 523. The highest BCUT2D eigenvalue weighted by Crippen LogP contribution is 2.53. The molecular formula is C23H42O3. The van der Waals surface area contributed by atoms with Gasteiger partial charge in [-0.05, 0) is 54.8 Å². The Kier molecular flexibility index (Phi) is 5.79. The molecule has 0 aromatic heterocycles. The first-order valence-electron chi connectivity index (χ1n) is 10.5. The Morgan fingerprint density at radius 3 is 2.15 bits per heavy atom. The number of fused-ring (bicyclic) bond motifs is 2. The number of ether oxygens (including phenoxy) is 1. The van der Waals surface area contributed by atoms with Gasteiger partial charge in [-0.2, -0.15) is 0 Å². The van der Waals surface area contributed by atoms with Crippen LogP contribution in [-0.4, -0.2) is 22.8 Å². The molecule has 2 aliphatic carbocycles. The zero-order chi connectivity index (χ0) is 20.1. The first-order chi connectivity index (χ1) is 11.6. The van der Waals surface area contributed by atoms with Crippen LogP contribution in [0, 0.1) is 34.0 Å². The van der Waals surface area contributed by atoms with Crippen LogP contribution in [0.2, 0.25) is 0 Å². The monoisotopic (exact) mass is 366 g/mol. The Balaban J connectivity index is 2.34. The van der Waals surface area contributed by atoms with Crippen molar-refractivity contribution in [2.24, 2.45) is 34.0 Å². The minimum Gasteiger partial charge on any atom is -0.367 e. The molecule has 0 aliphatic heterocycles. The van der Waals surface area contributed by atoms with Crippen molar-refractivity contribution in [1.82, 2.24) is 0 Å². The van der Waals surface area contributed by atoms with Crippen molar-refractivity contribution in [2.45, 2.75) is 106 Å². The summed E-state index contributed by atoms with van der Waals surface area (Å²) < 4.78 is 6.45. The van der Waals surface area contributed by atoms with Crippen LogP contribution in [-0.2, 0) is 9.53 Å². The fourth-order valence-electron chi connectivity index (χ4n) is 5.61. The Hall–Kier alpha value is -0.410. The molecule has 6 unspecified atom stereocenters. The lowest BCUT2D eigenvalue weighted by Gasteiger charge is -2.53. The lowest BCUT2D eigenvalue weighted by Crippen LogP contribution is -2.58. The summed E-state index contributed by atoms with van der Waals surface area (Å²) in [5, 5.41) is 11.3. The van der Waals surface area contributed by atoms with E-state index in [4.69, 9.17) is 4.74 Å². The third-order valence-corrected chi connectivity index (χ3v) is 7.11. The van der Waals surface area contributed by atoms with Gasteiger partial charge in [0.2, 0.25) is 0 Å². The average Bonchev–Trinajstić information content (AvgIpc) is 2.41. The Morgan fingerprint density at radius 1 is 1.08 bits per heavy atom. The summed E-state index contributed by atoms with van der Waals surface area (Å²) in [6.07, 6.45) is 3.58. The second-order valence-electron chi connectivity index (χ2n) is 12.0. The molecule has 0 heterocycles. The molecule has 0 aromatic rings. The van der Waals surface area contributed by atoms with Gasteiger partial charge in [0.15, 0.2) is 12.1 Å². The molecule has 0 amide bonds. The van der Waals surface area contributed by atoms with Gasteiger partial charge in [0, 0.05) is 11.3 Å². The second-order valence-corrected chi connectivity index (χ2v) is 12.0. The molecule has 2 bridgehead atoms. The average molecular weight is 367 g/mol. The summed E-state index contributed by atoms with van der Waals surface area (Å²) >= 11 is 0. The van der Waals surface area contributed by atoms with Gasteiger partial charge in [0.1, 0.15) is 5.60 Å². The number of carbonyl (C=O) groups is 1. The van der Waals surface area contributed by atoms with Crippen LogP contribution in [0.15, 0.2) is 0 Å². The summed E-state index contributed by atoms with van der Waals surface area (Å²) in [6, 6.07) is 0. The number of rotatable bonds is 4. The van der Waals surface area contributed by atoms with E-state index in [2.05, 4.69) is 55.4 Å². The van der Waals surface area contributed by atoms with Crippen LogP contribution in [0.5, 0.6) is 0 Å². The number of aliphatic hydroxyl groups is 1. The van der Waals surface area contributed by atoms with E-state index in [1.807, 2.05) is 6.92 Å². The van der Waals surface area contributed by atoms with E-state index in [0.29, 0.717) is 11.8 Å². The largest absolute Gasteiger partial charge is 0.367 e. The normalized spacial score (nSPS) is 36.5. The summed E-state index contributed by atoms with van der Waals surface area (Å²) in [4.78, 5) is 13.2. The van der Waals surface area contributed by atoms with Gasteiger partial charge in [0.25, 0.3) is 0 Å². The van der Waals surface area contributed by atoms with E-state index in [-0.39, 0.29) is 22.5 Å². The van der Waals surface area contributed by atoms with Crippen molar-refractivity contribution < 1.29 is 14.6 Å². The van der Waals surface area contributed by atoms with E-state index in [0.717, 1.165) is 25.7 Å². The standard InChI is InChI=1S/C23H42O3/c1-15-10-17-11-16(2)18(24)23(12-15,13-17)26-19(25)22(9,21(6,7)8)14-20(3,4)5/h15-17,19,25H,10-14H2,1-9H3. The molecule has 1 N–H and O–H groups in total. The quantitative estimate of drug-likeness (QED) is 0.659. The molecule has 2 rings (SSSR count). The third kappa shape index (κ3) is 4.19. The van der Waals surface area contributed by atoms with Gasteiger partial charge in [-0.3, -0.25) is 4.79 Å². The lowest BCUT2D eigenvalue weighted by atomic mass is 9.59. The number of carbonyl (C=O) groups excluding carboxylic acids is 1. The molecule has 2 fully saturated rings. The molecule has 3 nitrogen and oxygen atoms in total. The van der Waals surface area contributed by atoms with E-state index in [1.54, 1.807) is 0 Å². The number of hydrogen-bond donors (Lipinski definition) is 1. The highest BCUT2D eigenvalue weighted by atomic mass is 16.6. The number of ketones is 1. The number of hydrogen-bond acceptors (Lipinski definition) is 3. The molecule has 2 aliphatic rings. The smallest absolute Gasteiger partial charge is 0.167 e. The fraction of sp³-hybridized carbons (Fsp3) is 0.957. The molecule has 6 atom stereocenters. The minimum atomic E-state index is -0.943. The number of aliphatic hydroxyl groups excluding tert-OH is 1.